The molecule has 0 aromatic heterocycles. The lowest BCUT2D eigenvalue weighted by atomic mass is 10.1. The first-order chi connectivity index (χ1) is 12.0. The molecule has 0 radical (unpaired) electrons. The van der Waals surface area contributed by atoms with E-state index < -0.39 is 16.1 Å². The molecule has 0 heterocycles. The molecule has 1 N–H and O–H groups in total. The van der Waals surface area contributed by atoms with E-state index in [4.69, 9.17) is 0 Å². The van der Waals surface area contributed by atoms with Crippen LogP contribution in [0.3, 0.4) is 0 Å². The third kappa shape index (κ3) is 4.43. The van der Waals surface area contributed by atoms with Crippen LogP contribution in [0.25, 0.3) is 0 Å². The maximum absolute atomic E-state index is 12.8. The molecule has 1 amide bonds. The molecular weight excluding hydrogens is 348 g/mol. The summed E-state index contributed by atoms with van der Waals surface area (Å²) in [6.07, 6.45) is 1.12. The number of amides is 1. The third-order valence-corrected chi connectivity index (χ3v) is 5.65. The van der Waals surface area contributed by atoms with Crippen molar-refractivity contribution < 1.29 is 13.2 Å². The minimum absolute atomic E-state index is 0.372. The number of hydrogen-bond donors (Lipinski definition) is 1. The fraction of sp³-hybridized carbons (Fsp3) is 0.350. The predicted molar refractivity (Wildman–Crippen MR) is 107 cm³/mol. The minimum atomic E-state index is -3.63. The van der Waals surface area contributed by atoms with E-state index in [1.165, 1.54) is 4.31 Å². The lowest BCUT2D eigenvalue weighted by molar-refractivity contribution is -0.116. The van der Waals surface area contributed by atoms with Gasteiger partial charge >= 0.3 is 0 Å². The van der Waals surface area contributed by atoms with Gasteiger partial charge in [0.15, 0.2) is 0 Å². The van der Waals surface area contributed by atoms with Crippen molar-refractivity contribution in [2.75, 3.05) is 15.9 Å². The van der Waals surface area contributed by atoms with E-state index in [0.29, 0.717) is 11.4 Å². The van der Waals surface area contributed by atoms with Crippen LogP contribution in [0.15, 0.2) is 36.4 Å². The zero-order valence-electron chi connectivity index (χ0n) is 16.1. The molecule has 0 bridgehead atoms. The number of anilines is 2. The van der Waals surface area contributed by atoms with Crippen LogP contribution in [0, 0.1) is 27.7 Å². The number of carbonyl (C=O) groups excluding carboxylic acids is 1. The van der Waals surface area contributed by atoms with Gasteiger partial charge in [-0.2, -0.15) is 0 Å². The molecule has 2 aromatic carbocycles. The van der Waals surface area contributed by atoms with Gasteiger partial charge in [-0.05, 0) is 75.1 Å². The zero-order valence-corrected chi connectivity index (χ0v) is 16.9. The quantitative estimate of drug-likeness (QED) is 0.867. The smallest absolute Gasteiger partial charge is 0.248 e. The fourth-order valence-corrected chi connectivity index (χ4v) is 4.17. The molecule has 1 atom stereocenters. The number of aryl methyl sites for hydroxylation is 3. The van der Waals surface area contributed by atoms with Gasteiger partial charge in [0.1, 0.15) is 6.04 Å². The zero-order chi connectivity index (χ0) is 19.6. The Labute approximate surface area is 156 Å². The first kappa shape index (κ1) is 20.0. The SMILES string of the molecule is Cc1cc(C)cc(N([C@@H](C)C(=O)Nc2cccc(C)c2C)S(C)(=O)=O)c1. The second-order valence-corrected chi connectivity index (χ2v) is 8.68. The van der Waals surface area contributed by atoms with Gasteiger partial charge in [-0.3, -0.25) is 9.10 Å². The van der Waals surface area contributed by atoms with Crippen molar-refractivity contribution in [1.82, 2.24) is 0 Å². The number of rotatable bonds is 5. The second-order valence-electron chi connectivity index (χ2n) is 6.82. The molecule has 5 nitrogen and oxygen atoms in total. The Hall–Kier alpha value is -2.34. The van der Waals surface area contributed by atoms with Gasteiger partial charge in [0.2, 0.25) is 15.9 Å². The summed E-state index contributed by atoms with van der Waals surface area (Å²) in [6.45, 7) is 9.29. The number of benzene rings is 2. The highest BCUT2D eigenvalue weighted by atomic mass is 32.2. The molecule has 0 saturated heterocycles. The van der Waals surface area contributed by atoms with E-state index >= 15 is 0 Å². The van der Waals surface area contributed by atoms with Gasteiger partial charge in [0.05, 0.1) is 11.9 Å². The summed E-state index contributed by atoms with van der Waals surface area (Å²) in [5.41, 5.74) is 5.09. The molecule has 0 saturated carbocycles. The molecule has 140 valence electrons. The summed E-state index contributed by atoms with van der Waals surface area (Å²) < 4.78 is 26.0. The van der Waals surface area contributed by atoms with Crippen molar-refractivity contribution in [1.29, 1.82) is 0 Å². The molecule has 0 fully saturated rings. The Morgan fingerprint density at radius 2 is 1.62 bits per heavy atom. The Kier molecular flexibility index (Phi) is 5.76. The average molecular weight is 375 g/mol. The highest BCUT2D eigenvalue weighted by molar-refractivity contribution is 7.92. The van der Waals surface area contributed by atoms with Crippen LogP contribution in [0.5, 0.6) is 0 Å². The van der Waals surface area contributed by atoms with Gasteiger partial charge in [-0.1, -0.05) is 18.2 Å². The Bertz CT molecular complexity index is 916. The molecule has 2 aromatic rings. The Morgan fingerprint density at radius 3 is 2.15 bits per heavy atom. The molecule has 2 rings (SSSR count). The minimum Gasteiger partial charge on any atom is -0.324 e. The average Bonchev–Trinajstić information content (AvgIpc) is 2.49. The molecule has 0 aliphatic rings. The number of nitrogens with one attached hydrogen (secondary N) is 1. The van der Waals surface area contributed by atoms with Crippen LogP contribution in [-0.2, 0) is 14.8 Å². The predicted octanol–water partition coefficient (Wildman–Crippen LogP) is 3.71. The van der Waals surface area contributed by atoms with Gasteiger partial charge in [-0.25, -0.2) is 8.42 Å². The molecule has 0 aliphatic heterocycles. The standard InChI is InChI=1S/C20H26N2O3S/c1-13-10-14(2)12-18(11-13)22(26(6,24)25)17(5)20(23)21-19-9-7-8-15(3)16(19)4/h7-12,17H,1-6H3,(H,21,23)/t17-/m0/s1. The summed E-state index contributed by atoms with van der Waals surface area (Å²) >= 11 is 0. The summed E-state index contributed by atoms with van der Waals surface area (Å²) in [6, 6.07) is 10.3. The van der Waals surface area contributed by atoms with Crippen LogP contribution >= 0.6 is 0 Å². The highest BCUT2D eigenvalue weighted by Crippen LogP contribution is 2.25. The normalized spacial score (nSPS) is 12.5. The van der Waals surface area contributed by atoms with Crippen LogP contribution in [0.1, 0.15) is 29.2 Å². The van der Waals surface area contributed by atoms with Crippen molar-refractivity contribution >= 4 is 27.3 Å². The second kappa shape index (κ2) is 7.50. The number of hydrogen-bond acceptors (Lipinski definition) is 3. The number of sulfonamides is 1. The van der Waals surface area contributed by atoms with Crippen molar-refractivity contribution in [3.63, 3.8) is 0 Å². The van der Waals surface area contributed by atoms with E-state index in [0.717, 1.165) is 28.5 Å². The lowest BCUT2D eigenvalue weighted by Crippen LogP contribution is -2.45. The summed E-state index contributed by atoms with van der Waals surface area (Å²) in [7, 11) is -3.63. The van der Waals surface area contributed by atoms with Gasteiger partial charge in [0, 0.05) is 5.69 Å². The topological polar surface area (TPSA) is 66.5 Å². The van der Waals surface area contributed by atoms with Gasteiger partial charge in [-0.15, -0.1) is 0 Å². The van der Waals surface area contributed by atoms with E-state index in [1.807, 2.05) is 52.0 Å². The fourth-order valence-electron chi connectivity index (χ4n) is 3.01. The molecule has 26 heavy (non-hydrogen) atoms. The van der Waals surface area contributed by atoms with E-state index in [1.54, 1.807) is 19.1 Å². The number of carbonyl (C=O) groups is 1. The monoisotopic (exact) mass is 374 g/mol. The van der Waals surface area contributed by atoms with Crippen molar-refractivity contribution in [3.8, 4) is 0 Å². The van der Waals surface area contributed by atoms with Crippen LogP contribution in [0.2, 0.25) is 0 Å². The van der Waals surface area contributed by atoms with Crippen molar-refractivity contribution in [2.24, 2.45) is 0 Å². The maximum atomic E-state index is 12.8. The van der Waals surface area contributed by atoms with Crippen LogP contribution in [0.4, 0.5) is 11.4 Å². The summed E-state index contributed by atoms with van der Waals surface area (Å²) in [4.78, 5) is 12.8. The molecule has 0 aliphatic carbocycles. The van der Waals surface area contributed by atoms with Crippen LogP contribution in [-0.4, -0.2) is 26.6 Å². The summed E-state index contributed by atoms with van der Waals surface area (Å²) in [5, 5.41) is 2.86. The summed E-state index contributed by atoms with van der Waals surface area (Å²) in [5.74, 6) is -0.372. The van der Waals surface area contributed by atoms with E-state index in [2.05, 4.69) is 5.32 Å². The Balaban J connectivity index is 2.39. The first-order valence-corrected chi connectivity index (χ1v) is 10.3. The van der Waals surface area contributed by atoms with E-state index in [9.17, 15) is 13.2 Å². The maximum Gasteiger partial charge on any atom is 0.248 e. The van der Waals surface area contributed by atoms with Crippen molar-refractivity contribution in [2.45, 2.75) is 40.7 Å². The molecule has 6 heteroatoms. The Morgan fingerprint density at radius 1 is 1.04 bits per heavy atom. The largest absolute Gasteiger partial charge is 0.324 e. The highest BCUT2D eigenvalue weighted by Gasteiger charge is 2.29. The van der Waals surface area contributed by atoms with Gasteiger partial charge < -0.3 is 5.32 Å². The first-order valence-electron chi connectivity index (χ1n) is 8.45. The number of nitrogens with zero attached hydrogens (tertiary/aromatic N) is 1. The molecular formula is C20H26N2O3S. The van der Waals surface area contributed by atoms with E-state index in [-0.39, 0.29) is 5.91 Å². The molecule has 0 spiro atoms. The third-order valence-electron chi connectivity index (χ3n) is 4.41. The van der Waals surface area contributed by atoms with Crippen molar-refractivity contribution in [3.05, 3.63) is 58.7 Å². The van der Waals surface area contributed by atoms with Gasteiger partial charge in [0.25, 0.3) is 0 Å². The lowest BCUT2D eigenvalue weighted by Gasteiger charge is -2.29. The molecule has 0 unspecified atom stereocenters. The van der Waals surface area contributed by atoms with Crippen LogP contribution < -0.4 is 9.62 Å².